The fourth-order valence-electron chi connectivity index (χ4n) is 3.46. The summed E-state index contributed by atoms with van der Waals surface area (Å²) in [4.78, 5) is 16.3. The first-order valence-electron chi connectivity index (χ1n) is 9.75. The zero-order valence-corrected chi connectivity index (χ0v) is 17.7. The summed E-state index contributed by atoms with van der Waals surface area (Å²) in [5.74, 6) is -0.705. The molecule has 0 atom stereocenters. The lowest BCUT2D eigenvalue weighted by molar-refractivity contribution is -0.122. The Hall–Kier alpha value is -2.92. The first-order chi connectivity index (χ1) is 15.3. The van der Waals surface area contributed by atoms with Gasteiger partial charge in [0.25, 0.3) is 12.3 Å². The molecule has 3 aromatic rings. The maximum absolute atomic E-state index is 13.5. The van der Waals surface area contributed by atoms with Crippen molar-refractivity contribution in [1.29, 1.82) is 0 Å². The van der Waals surface area contributed by atoms with Crippen LogP contribution in [0, 0.1) is 5.82 Å². The van der Waals surface area contributed by atoms with Gasteiger partial charge >= 0.3 is 0 Å². The highest BCUT2D eigenvalue weighted by Gasteiger charge is 2.51. The van der Waals surface area contributed by atoms with Crippen LogP contribution in [0.5, 0.6) is 0 Å². The summed E-state index contributed by atoms with van der Waals surface area (Å²) in [6.07, 6.45) is -1.51. The summed E-state index contributed by atoms with van der Waals surface area (Å²) in [5, 5.41) is 10.8. The van der Waals surface area contributed by atoms with E-state index in [1.54, 1.807) is 6.07 Å². The first kappa shape index (κ1) is 22.3. The average molecular weight is 470 g/mol. The predicted molar refractivity (Wildman–Crippen MR) is 107 cm³/mol. The second-order valence-corrected chi connectivity index (χ2v) is 7.79. The Kier molecular flexibility index (Phi) is 6.20. The fourth-order valence-corrected chi connectivity index (χ4v) is 3.81. The largest absolute Gasteiger partial charge is 0.383 e. The fraction of sp³-hybridized carbons (Fsp3) is 0.400. The number of nitrogens with one attached hydrogen (secondary N) is 1. The molecular formula is C20H19ClF3N5O3. The lowest BCUT2D eigenvalue weighted by Crippen LogP contribution is -2.31. The number of hydrogen-bond acceptors (Lipinski definition) is 6. The van der Waals surface area contributed by atoms with Crippen LogP contribution in [-0.2, 0) is 21.5 Å². The molecular weight excluding hydrogens is 451 g/mol. The van der Waals surface area contributed by atoms with Gasteiger partial charge in [-0.15, -0.1) is 0 Å². The van der Waals surface area contributed by atoms with Crippen LogP contribution in [-0.4, -0.2) is 46.1 Å². The highest BCUT2D eigenvalue weighted by molar-refractivity contribution is 6.31. The average Bonchev–Trinajstić information content (AvgIpc) is 3.19. The van der Waals surface area contributed by atoms with Gasteiger partial charge in [0, 0.05) is 18.7 Å². The Morgan fingerprint density at radius 1 is 1.38 bits per heavy atom. The molecule has 8 nitrogen and oxygen atoms in total. The lowest BCUT2D eigenvalue weighted by atomic mass is 9.95. The van der Waals surface area contributed by atoms with Crippen LogP contribution in [0.25, 0.3) is 11.6 Å². The molecule has 0 aliphatic heterocycles. The number of carbonyl (C=O) groups excluding carboxylic acids is 1. The minimum atomic E-state index is -2.86. The highest BCUT2D eigenvalue weighted by atomic mass is 35.5. The van der Waals surface area contributed by atoms with Gasteiger partial charge in [-0.25, -0.2) is 13.2 Å². The van der Waals surface area contributed by atoms with Crippen molar-refractivity contribution in [2.24, 2.45) is 0 Å². The summed E-state index contributed by atoms with van der Waals surface area (Å²) in [6.45, 7) is 0.135. The predicted octanol–water partition coefficient (Wildman–Crippen LogP) is 3.51. The molecule has 32 heavy (non-hydrogen) atoms. The molecule has 1 saturated carbocycles. The van der Waals surface area contributed by atoms with Gasteiger partial charge < -0.3 is 14.6 Å². The second kappa shape index (κ2) is 8.91. The van der Waals surface area contributed by atoms with E-state index in [4.69, 9.17) is 20.9 Å². The number of hydrogen-bond donors (Lipinski definition) is 1. The van der Waals surface area contributed by atoms with E-state index in [2.05, 4.69) is 20.6 Å². The summed E-state index contributed by atoms with van der Waals surface area (Å²) in [5.41, 5.74) is -0.393. The third-order valence-electron chi connectivity index (χ3n) is 5.23. The van der Waals surface area contributed by atoms with Crippen LogP contribution in [0.15, 0.2) is 28.8 Å². The van der Waals surface area contributed by atoms with E-state index in [9.17, 15) is 18.0 Å². The second-order valence-electron chi connectivity index (χ2n) is 7.38. The van der Waals surface area contributed by atoms with Crippen molar-refractivity contribution in [2.75, 3.05) is 20.3 Å². The Bertz CT molecular complexity index is 1130. The summed E-state index contributed by atoms with van der Waals surface area (Å²) in [6, 6.07) is 5.20. The molecule has 12 heteroatoms. The number of nitrogens with zero attached hydrogens (tertiary/aromatic N) is 4. The van der Waals surface area contributed by atoms with Crippen molar-refractivity contribution < 1.29 is 27.2 Å². The molecule has 1 aliphatic carbocycles. The topological polar surface area (TPSA) is 95.1 Å². The smallest absolute Gasteiger partial charge is 0.280 e. The van der Waals surface area contributed by atoms with Crippen LogP contribution in [0.4, 0.5) is 13.2 Å². The number of ether oxygens (including phenoxy) is 1. The van der Waals surface area contributed by atoms with Crippen LogP contribution in [0.3, 0.4) is 0 Å². The molecule has 1 aliphatic rings. The Morgan fingerprint density at radius 2 is 2.16 bits per heavy atom. The van der Waals surface area contributed by atoms with Crippen LogP contribution in [0.1, 0.15) is 36.3 Å². The van der Waals surface area contributed by atoms with Crippen molar-refractivity contribution >= 4 is 17.5 Å². The van der Waals surface area contributed by atoms with Crippen molar-refractivity contribution in [2.45, 2.75) is 31.2 Å². The van der Waals surface area contributed by atoms with Gasteiger partial charge in [0.05, 0.1) is 12.0 Å². The van der Waals surface area contributed by atoms with Gasteiger partial charge in [-0.1, -0.05) is 22.8 Å². The van der Waals surface area contributed by atoms with Crippen LogP contribution < -0.4 is 5.32 Å². The molecule has 2 heterocycles. The number of methoxy groups -OCH3 is 1. The van der Waals surface area contributed by atoms with E-state index in [0.29, 0.717) is 30.8 Å². The van der Waals surface area contributed by atoms with Crippen molar-refractivity contribution in [3.05, 3.63) is 52.2 Å². The number of halogens is 4. The number of benzene rings is 1. The number of aromatic nitrogens is 4. The molecule has 0 bridgehead atoms. The number of alkyl halides is 2. The normalized spacial score (nSPS) is 14.7. The van der Waals surface area contributed by atoms with Crippen LogP contribution in [0.2, 0.25) is 5.02 Å². The Balaban J connectivity index is 1.58. The summed E-state index contributed by atoms with van der Waals surface area (Å²) < 4.78 is 51.4. The standard InChI is InChI=1S/C20H19ClF3N5O3/c1-31-7-6-25-16(30)10-29-15(17(23)24)9-14(27-29)18-26-19(28-32-18)20(4-5-20)12-3-2-11(22)8-13(12)21/h2-3,8-9,17H,4-7,10H2,1H3,(H,25,30). The Labute approximate surface area is 185 Å². The molecule has 1 aromatic carbocycles. The van der Waals surface area contributed by atoms with E-state index >= 15 is 0 Å². The molecule has 0 radical (unpaired) electrons. The highest BCUT2D eigenvalue weighted by Crippen LogP contribution is 2.54. The van der Waals surface area contributed by atoms with E-state index in [1.165, 1.54) is 19.2 Å². The molecule has 1 N–H and O–H groups in total. The third kappa shape index (κ3) is 4.35. The van der Waals surface area contributed by atoms with Gasteiger partial charge in [0.2, 0.25) is 5.91 Å². The summed E-state index contributed by atoms with van der Waals surface area (Å²) >= 11 is 6.21. The molecule has 0 spiro atoms. The van der Waals surface area contributed by atoms with Crippen molar-refractivity contribution in [3.63, 3.8) is 0 Å². The quantitative estimate of drug-likeness (QED) is 0.482. The van der Waals surface area contributed by atoms with Crippen LogP contribution >= 0.6 is 11.6 Å². The van der Waals surface area contributed by atoms with Crippen molar-refractivity contribution in [1.82, 2.24) is 25.2 Å². The van der Waals surface area contributed by atoms with Gasteiger partial charge in [-0.3, -0.25) is 9.48 Å². The van der Waals surface area contributed by atoms with E-state index in [-0.39, 0.29) is 23.2 Å². The van der Waals surface area contributed by atoms with Gasteiger partial charge in [0.1, 0.15) is 18.1 Å². The van der Waals surface area contributed by atoms with E-state index in [1.807, 2.05) is 0 Å². The third-order valence-corrected chi connectivity index (χ3v) is 5.54. The minimum Gasteiger partial charge on any atom is -0.383 e. The van der Waals surface area contributed by atoms with Gasteiger partial charge in [0.15, 0.2) is 11.5 Å². The lowest BCUT2D eigenvalue weighted by Gasteiger charge is -2.12. The number of carbonyl (C=O) groups is 1. The molecule has 1 fully saturated rings. The molecule has 170 valence electrons. The van der Waals surface area contributed by atoms with Gasteiger partial charge in [-0.05, 0) is 36.6 Å². The summed E-state index contributed by atoms with van der Waals surface area (Å²) in [7, 11) is 1.48. The molecule has 0 saturated heterocycles. The number of amides is 1. The van der Waals surface area contributed by atoms with E-state index < -0.39 is 35.8 Å². The first-order valence-corrected chi connectivity index (χ1v) is 10.1. The minimum absolute atomic E-state index is 0.0183. The number of rotatable bonds is 9. The molecule has 4 rings (SSSR count). The molecule has 0 unspecified atom stereocenters. The molecule has 2 aromatic heterocycles. The van der Waals surface area contributed by atoms with Gasteiger partial charge in [-0.2, -0.15) is 10.1 Å². The Morgan fingerprint density at radius 3 is 2.81 bits per heavy atom. The zero-order valence-electron chi connectivity index (χ0n) is 16.9. The maximum Gasteiger partial charge on any atom is 0.280 e. The SMILES string of the molecule is COCCNC(=O)Cn1nc(-c2nc(C3(c4ccc(F)cc4Cl)CC3)no2)cc1C(F)F. The monoisotopic (exact) mass is 469 g/mol. The zero-order chi connectivity index (χ0) is 22.9. The maximum atomic E-state index is 13.5. The van der Waals surface area contributed by atoms with E-state index in [0.717, 1.165) is 10.7 Å². The molecule has 1 amide bonds. The van der Waals surface area contributed by atoms with Crippen molar-refractivity contribution in [3.8, 4) is 11.6 Å².